The first-order valence-corrected chi connectivity index (χ1v) is 10.0. The number of nitrogens with zero attached hydrogens (tertiary/aromatic N) is 1. The SMILES string of the molecule is CC(C)C(C)(C)C.CN=C(/C=C(\C)N)C1CCC(OC(=O)NC(C)(C)C)C1. The number of rotatable bonds is 3. The van der Waals surface area contributed by atoms with Gasteiger partial charge in [-0.3, -0.25) is 4.99 Å². The van der Waals surface area contributed by atoms with E-state index in [0.717, 1.165) is 36.6 Å². The maximum atomic E-state index is 11.7. The quantitative estimate of drug-likeness (QED) is 0.651. The molecular weight excluding hydrogens is 338 g/mol. The van der Waals surface area contributed by atoms with E-state index >= 15 is 0 Å². The molecule has 0 saturated heterocycles. The van der Waals surface area contributed by atoms with E-state index in [0.29, 0.717) is 11.3 Å². The summed E-state index contributed by atoms with van der Waals surface area (Å²) in [5.74, 6) is 1.12. The predicted octanol–water partition coefficient (Wildman–Crippen LogP) is 5.30. The molecule has 1 aliphatic carbocycles. The second-order valence-electron chi connectivity index (χ2n) is 9.97. The van der Waals surface area contributed by atoms with E-state index in [-0.39, 0.29) is 17.7 Å². The minimum absolute atomic E-state index is 0.0365. The van der Waals surface area contributed by atoms with Crippen LogP contribution in [0.3, 0.4) is 0 Å². The van der Waals surface area contributed by atoms with Gasteiger partial charge in [0.2, 0.25) is 0 Å². The molecule has 0 radical (unpaired) electrons. The molecule has 2 atom stereocenters. The minimum Gasteiger partial charge on any atom is -0.446 e. The van der Waals surface area contributed by atoms with Crippen LogP contribution in [0.1, 0.15) is 81.6 Å². The largest absolute Gasteiger partial charge is 0.446 e. The lowest BCUT2D eigenvalue weighted by atomic mass is 9.84. The fourth-order valence-electron chi connectivity index (χ4n) is 2.40. The lowest BCUT2D eigenvalue weighted by Crippen LogP contribution is -2.42. The van der Waals surface area contributed by atoms with Gasteiger partial charge in [-0.2, -0.15) is 0 Å². The maximum absolute atomic E-state index is 11.7. The summed E-state index contributed by atoms with van der Waals surface area (Å²) in [7, 11) is 1.77. The van der Waals surface area contributed by atoms with Crippen molar-refractivity contribution in [2.45, 2.75) is 93.2 Å². The van der Waals surface area contributed by atoms with Crippen LogP contribution in [0.4, 0.5) is 4.79 Å². The number of carbonyl (C=O) groups excluding carboxylic acids is 1. The third-order valence-corrected chi connectivity index (χ3v) is 4.92. The van der Waals surface area contributed by atoms with Crippen molar-refractivity contribution in [2.24, 2.45) is 28.0 Å². The van der Waals surface area contributed by atoms with Gasteiger partial charge in [0.15, 0.2) is 0 Å². The molecule has 27 heavy (non-hydrogen) atoms. The van der Waals surface area contributed by atoms with E-state index in [2.05, 4.69) is 44.9 Å². The molecule has 0 heterocycles. The van der Waals surface area contributed by atoms with Gasteiger partial charge in [-0.1, -0.05) is 34.6 Å². The van der Waals surface area contributed by atoms with E-state index in [1.807, 2.05) is 33.8 Å². The van der Waals surface area contributed by atoms with E-state index in [9.17, 15) is 4.79 Å². The third-order valence-electron chi connectivity index (χ3n) is 4.92. The monoisotopic (exact) mass is 381 g/mol. The number of nitrogens with two attached hydrogens (primary N) is 1. The number of ether oxygens (including phenoxy) is 1. The zero-order chi connectivity index (χ0) is 21.4. The fraction of sp³-hybridized carbons (Fsp3) is 0.818. The van der Waals surface area contributed by atoms with Gasteiger partial charge in [0.25, 0.3) is 0 Å². The molecule has 2 unspecified atom stereocenters. The summed E-state index contributed by atoms with van der Waals surface area (Å²) in [6.07, 6.45) is 4.19. The molecule has 3 N–H and O–H groups in total. The van der Waals surface area contributed by atoms with Gasteiger partial charge in [-0.05, 0) is 64.4 Å². The highest BCUT2D eigenvalue weighted by molar-refractivity contribution is 5.97. The van der Waals surface area contributed by atoms with Gasteiger partial charge in [0.1, 0.15) is 6.10 Å². The topological polar surface area (TPSA) is 76.7 Å². The highest BCUT2D eigenvalue weighted by atomic mass is 16.6. The molecule has 0 aromatic carbocycles. The first kappa shape index (κ1) is 25.5. The molecule has 5 nitrogen and oxygen atoms in total. The number of amides is 1. The molecule has 0 aromatic rings. The number of carbonyl (C=O) groups is 1. The number of aliphatic imine (C=N–C) groups is 1. The molecule has 0 spiro atoms. The molecule has 5 heteroatoms. The zero-order valence-electron chi connectivity index (χ0n) is 19.3. The number of allylic oxidation sites excluding steroid dienone is 2. The average molecular weight is 382 g/mol. The molecule has 1 saturated carbocycles. The molecule has 1 aliphatic rings. The molecular formula is C22H43N3O2. The highest BCUT2D eigenvalue weighted by Gasteiger charge is 2.30. The normalized spacial score (nSPS) is 21.6. The number of hydrogen-bond donors (Lipinski definition) is 2. The molecule has 1 amide bonds. The lowest BCUT2D eigenvalue weighted by Gasteiger charge is -2.22. The Morgan fingerprint density at radius 2 is 1.70 bits per heavy atom. The van der Waals surface area contributed by atoms with Crippen LogP contribution >= 0.6 is 0 Å². The number of nitrogens with one attached hydrogen (secondary N) is 1. The molecule has 1 fully saturated rings. The van der Waals surface area contributed by atoms with E-state index in [1.54, 1.807) is 7.05 Å². The third kappa shape index (κ3) is 11.7. The zero-order valence-corrected chi connectivity index (χ0v) is 19.3. The summed E-state index contributed by atoms with van der Waals surface area (Å²) in [5.41, 5.74) is 7.68. The van der Waals surface area contributed by atoms with Gasteiger partial charge in [-0.15, -0.1) is 0 Å². The van der Waals surface area contributed by atoms with Crippen LogP contribution in [0.2, 0.25) is 0 Å². The Balaban J connectivity index is 0.000000821. The fourth-order valence-corrected chi connectivity index (χ4v) is 2.40. The standard InChI is InChI=1S/C15H27N3O2.C7H16/c1-10(16)8-13(17-5)11-6-7-12(9-11)20-14(19)18-15(2,3)4;1-6(2)7(3,4)5/h8,11-12H,6-7,9,16H2,1-5H3,(H,18,19);6H,1-5H3/b10-8+,17-13?;. The first-order valence-electron chi connectivity index (χ1n) is 10.0. The van der Waals surface area contributed by atoms with Crippen LogP contribution in [0.25, 0.3) is 0 Å². The van der Waals surface area contributed by atoms with E-state index in [1.165, 1.54) is 0 Å². The summed E-state index contributed by atoms with van der Waals surface area (Å²) in [4.78, 5) is 16.0. The Morgan fingerprint density at radius 3 is 2.07 bits per heavy atom. The molecule has 0 aromatic heterocycles. The van der Waals surface area contributed by atoms with Crippen molar-refractivity contribution in [3.8, 4) is 0 Å². The van der Waals surface area contributed by atoms with Crippen LogP contribution in [0, 0.1) is 17.3 Å². The van der Waals surface area contributed by atoms with Gasteiger partial charge < -0.3 is 15.8 Å². The molecule has 1 rings (SSSR count). The van der Waals surface area contributed by atoms with E-state index in [4.69, 9.17) is 10.5 Å². The molecule has 0 bridgehead atoms. The van der Waals surface area contributed by atoms with Crippen molar-refractivity contribution >= 4 is 11.8 Å². The number of alkyl carbamates (subject to hydrolysis) is 1. The van der Waals surface area contributed by atoms with Gasteiger partial charge in [0.05, 0.1) is 0 Å². The lowest BCUT2D eigenvalue weighted by molar-refractivity contribution is 0.0935. The Hall–Kier alpha value is -1.52. The second-order valence-corrected chi connectivity index (χ2v) is 9.97. The van der Waals surface area contributed by atoms with Crippen LogP contribution in [0.15, 0.2) is 16.8 Å². The van der Waals surface area contributed by atoms with E-state index < -0.39 is 0 Å². The summed E-state index contributed by atoms with van der Waals surface area (Å²) in [5, 5.41) is 2.81. The van der Waals surface area contributed by atoms with Gasteiger partial charge >= 0.3 is 6.09 Å². The predicted molar refractivity (Wildman–Crippen MR) is 116 cm³/mol. The van der Waals surface area contributed by atoms with Crippen molar-refractivity contribution in [2.75, 3.05) is 7.05 Å². The Kier molecular flexibility index (Phi) is 10.1. The van der Waals surface area contributed by atoms with Crippen molar-refractivity contribution in [3.05, 3.63) is 11.8 Å². The molecule has 0 aliphatic heterocycles. The first-order chi connectivity index (χ1) is 12.2. The van der Waals surface area contributed by atoms with Gasteiger partial charge in [0, 0.05) is 29.9 Å². The summed E-state index contributed by atoms with van der Waals surface area (Å²) >= 11 is 0. The van der Waals surface area contributed by atoms with Crippen molar-refractivity contribution in [3.63, 3.8) is 0 Å². The van der Waals surface area contributed by atoms with Crippen LogP contribution < -0.4 is 11.1 Å². The highest BCUT2D eigenvalue weighted by Crippen LogP contribution is 2.30. The van der Waals surface area contributed by atoms with Gasteiger partial charge in [-0.25, -0.2) is 4.79 Å². The van der Waals surface area contributed by atoms with Crippen LogP contribution in [0.5, 0.6) is 0 Å². The van der Waals surface area contributed by atoms with Crippen molar-refractivity contribution in [1.82, 2.24) is 5.32 Å². The Labute approximate surface area is 167 Å². The summed E-state index contributed by atoms with van der Waals surface area (Å²) in [6, 6.07) is 0. The average Bonchev–Trinajstić information content (AvgIpc) is 2.90. The summed E-state index contributed by atoms with van der Waals surface area (Å²) < 4.78 is 5.46. The maximum Gasteiger partial charge on any atom is 0.407 e. The van der Waals surface area contributed by atoms with Crippen molar-refractivity contribution in [1.29, 1.82) is 0 Å². The Morgan fingerprint density at radius 1 is 1.19 bits per heavy atom. The summed E-state index contributed by atoms with van der Waals surface area (Å²) in [6.45, 7) is 18.9. The van der Waals surface area contributed by atoms with Crippen LogP contribution in [-0.2, 0) is 4.74 Å². The smallest absolute Gasteiger partial charge is 0.407 e. The minimum atomic E-state index is -0.344. The number of hydrogen-bond acceptors (Lipinski definition) is 4. The second kappa shape index (κ2) is 10.7. The molecule has 158 valence electrons. The van der Waals surface area contributed by atoms with Crippen molar-refractivity contribution < 1.29 is 9.53 Å². The Bertz CT molecular complexity index is 519. The van der Waals surface area contributed by atoms with Crippen LogP contribution in [-0.4, -0.2) is 30.5 Å².